The number of rotatable bonds is 4. The van der Waals surface area contributed by atoms with E-state index >= 15 is 0 Å². The Morgan fingerprint density at radius 3 is 2.53 bits per heavy atom. The van der Waals surface area contributed by atoms with Crippen LogP contribution < -0.4 is 5.32 Å². The van der Waals surface area contributed by atoms with Crippen LogP contribution in [0.25, 0.3) is 0 Å². The van der Waals surface area contributed by atoms with Gasteiger partial charge in [0.15, 0.2) is 6.29 Å². The monoisotopic (exact) mass is 253 g/mol. The molecular weight excluding hydrogens is 238 g/mol. The summed E-state index contributed by atoms with van der Waals surface area (Å²) in [6.07, 6.45) is 0.697. The lowest BCUT2D eigenvalue weighted by Gasteiger charge is -2.09. The predicted octanol–water partition coefficient (Wildman–Crippen LogP) is 2.74. The molecule has 1 N–H and O–H groups in total. The Labute approximate surface area is 112 Å². The van der Waals surface area contributed by atoms with E-state index in [1.165, 1.54) is 0 Å². The molecule has 0 atom stereocenters. The van der Waals surface area contributed by atoms with E-state index in [4.69, 9.17) is 0 Å². The zero-order valence-electron chi connectivity index (χ0n) is 10.7. The Kier molecular flexibility index (Phi) is 4.08. The van der Waals surface area contributed by atoms with E-state index in [-0.39, 0.29) is 5.91 Å². The van der Waals surface area contributed by atoms with E-state index in [1.807, 2.05) is 31.2 Å². The molecule has 2 aromatic carbocycles. The molecule has 2 rings (SSSR count). The van der Waals surface area contributed by atoms with Gasteiger partial charge in [-0.15, -0.1) is 0 Å². The normalized spacial score (nSPS) is 9.95. The van der Waals surface area contributed by atoms with Crippen molar-refractivity contribution in [2.75, 3.05) is 0 Å². The van der Waals surface area contributed by atoms with Gasteiger partial charge in [-0.3, -0.25) is 9.59 Å². The summed E-state index contributed by atoms with van der Waals surface area (Å²) >= 11 is 0. The average Bonchev–Trinajstić information content (AvgIpc) is 2.46. The molecule has 19 heavy (non-hydrogen) atoms. The van der Waals surface area contributed by atoms with Gasteiger partial charge in [-0.2, -0.15) is 0 Å². The van der Waals surface area contributed by atoms with E-state index in [0.29, 0.717) is 24.0 Å². The summed E-state index contributed by atoms with van der Waals surface area (Å²) in [7, 11) is 0. The molecule has 3 heteroatoms. The van der Waals surface area contributed by atoms with Gasteiger partial charge in [0, 0.05) is 17.7 Å². The molecule has 0 saturated heterocycles. The van der Waals surface area contributed by atoms with Crippen molar-refractivity contribution in [3.63, 3.8) is 0 Å². The third kappa shape index (κ3) is 3.07. The summed E-state index contributed by atoms with van der Waals surface area (Å²) in [4.78, 5) is 22.9. The Morgan fingerprint density at radius 2 is 1.79 bits per heavy atom. The zero-order valence-corrected chi connectivity index (χ0v) is 10.7. The number of aldehydes is 1. The van der Waals surface area contributed by atoms with Crippen molar-refractivity contribution in [3.05, 3.63) is 70.8 Å². The quantitative estimate of drug-likeness (QED) is 0.852. The highest BCUT2D eigenvalue weighted by atomic mass is 16.1. The van der Waals surface area contributed by atoms with Crippen molar-refractivity contribution in [1.82, 2.24) is 5.32 Å². The maximum Gasteiger partial charge on any atom is 0.252 e. The number of hydrogen-bond donors (Lipinski definition) is 1. The molecule has 0 radical (unpaired) electrons. The highest BCUT2D eigenvalue weighted by Gasteiger charge is 2.10. The van der Waals surface area contributed by atoms with Gasteiger partial charge in [-0.05, 0) is 24.1 Å². The van der Waals surface area contributed by atoms with Gasteiger partial charge >= 0.3 is 0 Å². The summed E-state index contributed by atoms with van der Waals surface area (Å²) in [5.74, 6) is -0.231. The zero-order chi connectivity index (χ0) is 13.7. The van der Waals surface area contributed by atoms with Crippen molar-refractivity contribution >= 4 is 12.2 Å². The van der Waals surface area contributed by atoms with Crippen molar-refractivity contribution in [2.24, 2.45) is 0 Å². The predicted molar refractivity (Wildman–Crippen MR) is 74.2 cm³/mol. The Bertz CT molecular complexity index is 605. The maximum atomic E-state index is 12.0. The highest BCUT2D eigenvalue weighted by molar-refractivity contribution is 6.01. The standard InChI is InChI=1S/C16H15NO2/c1-12-6-2-3-7-13(12)10-17-16(19)15-9-5-4-8-14(15)11-18/h2-9,11H,10H2,1H3,(H,17,19). The molecule has 1 amide bonds. The van der Waals surface area contributed by atoms with Crippen LogP contribution in [0.2, 0.25) is 0 Å². The van der Waals surface area contributed by atoms with Crippen LogP contribution >= 0.6 is 0 Å². The molecule has 0 fully saturated rings. The number of carbonyl (C=O) groups excluding carboxylic acids is 2. The van der Waals surface area contributed by atoms with Crippen LogP contribution in [-0.4, -0.2) is 12.2 Å². The van der Waals surface area contributed by atoms with Crippen molar-refractivity contribution in [3.8, 4) is 0 Å². The first-order valence-electron chi connectivity index (χ1n) is 6.09. The lowest BCUT2D eigenvalue weighted by molar-refractivity contribution is 0.0945. The average molecular weight is 253 g/mol. The summed E-state index contributed by atoms with van der Waals surface area (Å²) in [5, 5.41) is 2.83. The number of aryl methyl sites for hydroxylation is 1. The van der Waals surface area contributed by atoms with Gasteiger partial charge in [0.25, 0.3) is 5.91 Å². The second kappa shape index (κ2) is 5.96. The number of nitrogens with one attached hydrogen (secondary N) is 1. The SMILES string of the molecule is Cc1ccccc1CNC(=O)c1ccccc1C=O. The van der Waals surface area contributed by atoms with Gasteiger partial charge in [-0.25, -0.2) is 0 Å². The number of hydrogen-bond acceptors (Lipinski definition) is 2. The van der Waals surface area contributed by atoms with Gasteiger partial charge in [0.2, 0.25) is 0 Å². The fraction of sp³-hybridized carbons (Fsp3) is 0.125. The second-order valence-corrected chi connectivity index (χ2v) is 4.31. The molecule has 3 nitrogen and oxygen atoms in total. The van der Waals surface area contributed by atoms with Crippen molar-refractivity contribution in [1.29, 1.82) is 0 Å². The van der Waals surface area contributed by atoms with Crippen molar-refractivity contribution in [2.45, 2.75) is 13.5 Å². The molecule has 96 valence electrons. The lowest BCUT2D eigenvalue weighted by Crippen LogP contribution is -2.24. The number of benzene rings is 2. The van der Waals surface area contributed by atoms with Crippen LogP contribution in [0.4, 0.5) is 0 Å². The maximum absolute atomic E-state index is 12.0. The van der Waals surface area contributed by atoms with Gasteiger partial charge in [-0.1, -0.05) is 42.5 Å². The van der Waals surface area contributed by atoms with Crippen LogP contribution in [0.1, 0.15) is 31.8 Å². The molecule has 2 aromatic rings. The van der Waals surface area contributed by atoms with Gasteiger partial charge in [0.1, 0.15) is 0 Å². The Hall–Kier alpha value is -2.42. The molecule has 0 spiro atoms. The topological polar surface area (TPSA) is 46.2 Å². The fourth-order valence-corrected chi connectivity index (χ4v) is 1.89. The lowest BCUT2D eigenvalue weighted by atomic mass is 10.1. The van der Waals surface area contributed by atoms with Crippen LogP contribution in [-0.2, 0) is 6.54 Å². The first kappa shape index (κ1) is 13.0. The first-order valence-corrected chi connectivity index (χ1v) is 6.09. The molecule has 0 saturated carbocycles. The molecule has 0 unspecified atom stereocenters. The van der Waals surface area contributed by atoms with E-state index < -0.39 is 0 Å². The summed E-state index contributed by atoms with van der Waals surface area (Å²) < 4.78 is 0. The number of amides is 1. The molecule has 0 aliphatic rings. The molecule has 0 bridgehead atoms. The molecular formula is C16H15NO2. The fourth-order valence-electron chi connectivity index (χ4n) is 1.89. The first-order chi connectivity index (χ1) is 9.22. The van der Waals surface area contributed by atoms with Crippen LogP contribution in [0, 0.1) is 6.92 Å². The Morgan fingerprint density at radius 1 is 1.11 bits per heavy atom. The molecule has 0 heterocycles. The Balaban J connectivity index is 2.10. The largest absolute Gasteiger partial charge is 0.348 e. The van der Waals surface area contributed by atoms with E-state index in [2.05, 4.69) is 5.32 Å². The minimum Gasteiger partial charge on any atom is -0.348 e. The molecule has 0 aromatic heterocycles. The minimum atomic E-state index is -0.231. The van der Waals surface area contributed by atoms with E-state index in [0.717, 1.165) is 11.1 Å². The number of carbonyl (C=O) groups is 2. The molecule has 0 aliphatic carbocycles. The van der Waals surface area contributed by atoms with Crippen LogP contribution in [0.15, 0.2) is 48.5 Å². The summed E-state index contributed by atoms with van der Waals surface area (Å²) in [6.45, 7) is 2.46. The van der Waals surface area contributed by atoms with Gasteiger partial charge in [0.05, 0.1) is 0 Å². The third-order valence-electron chi connectivity index (χ3n) is 3.03. The van der Waals surface area contributed by atoms with Crippen LogP contribution in [0.3, 0.4) is 0 Å². The van der Waals surface area contributed by atoms with E-state index in [1.54, 1.807) is 24.3 Å². The van der Waals surface area contributed by atoms with Crippen LogP contribution in [0.5, 0.6) is 0 Å². The summed E-state index contributed by atoms with van der Waals surface area (Å²) in [6, 6.07) is 14.6. The minimum absolute atomic E-state index is 0.231. The second-order valence-electron chi connectivity index (χ2n) is 4.31. The van der Waals surface area contributed by atoms with Gasteiger partial charge < -0.3 is 5.32 Å². The van der Waals surface area contributed by atoms with E-state index in [9.17, 15) is 9.59 Å². The van der Waals surface area contributed by atoms with Crippen molar-refractivity contribution < 1.29 is 9.59 Å². The third-order valence-corrected chi connectivity index (χ3v) is 3.03. The highest BCUT2D eigenvalue weighted by Crippen LogP contribution is 2.09. The molecule has 0 aliphatic heterocycles. The summed E-state index contributed by atoms with van der Waals surface area (Å²) in [5.41, 5.74) is 3.02. The smallest absolute Gasteiger partial charge is 0.252 e.